The van der Waals surface area contributed by atoms with Crippen molar-refractivity contribution in [3.8, 4) is 0 Å². The molecular formula is C85H168O4. The molecule has 0 aliphatic heterocycles. The minimum absolute atomic E-state index is 0.470. The van der Waals surface area contributed by atoms with Crippen molar-refractivity contribution in [3.63, 3.8) is 0 Å². The molecule has 0 unspecified atom stereocenters. The standard InChI is InChI=1S/C85H168O4/c1-5-7-9-11-13-15-17-19-21-23-24-25-26-27-28-32-39-45-51-57-63-69-75-82(85(87)88)83(86)76-70-64-58-52-46-40-33-29-31-37-43-49-55-61-67-73-80-78-81(80)74-68-62-56-50-44-38-34-35-41-47-53-59-65-71-77-84(89-4)79(3)72-66-60-54-48-42-36-30-22-20-18-16-14-12-10-8-6-2/h79-84,86H,5-78H2,1-4H3,(H,87,88)/t79-,80+,81-,82-,83-,84+/m1/s1. The van der Waals surface area contributed by atoms with Crippen molar-refractivity contribution >= 4 is 5.97 Å². The maximum Gasteiger partial charge on any atom is 0.309 e. The molecule has 6 atom stereocenters. The van der Waals surface area contributed by atoms with Gasteiger partial charge in [0.1, 0.15) is 0 Å². The predicted octanol–water partition coefficient (Wildman–Crippen LogP) is 29.9. The predicted molar refractivity (Wildman–Crippen MR) is 397 cm³/mol. The van der Waals surface area contributed by atoms with E-state index in [-0.39, 0.29) is 0 Å². The molecule has 0 aromatic rings. The van der Waals surface area contributed by atoms with Gasteiger partial charge in [0.25, 0.3) is 0 Å². The Morgan fingerprint density at radius 2 is 0.506 bits per heavy atom. The summed E-state index contributed by atoms with van der Waals surface area (Å²) in [7, 11) is 1.96. The highest BCUT2D eigenvalue weighted by Crippen LogP contribution is 2.46. The van der Waals surface area contributed by atoms with Gasteiger partial charge in [-0.25, -0.2) is 0 Å². The maximum absolute atomic E-state index is 12.0. The molecule has 0 bridgehead atoms. The molecule has 1 saturated carbocycles. The zero-order chi connectivity index (χ0) is 64.1. The number of rotatable bonds is 79. The summed E-state index contributed by atoms with van der Waals surface area (Å²) in [6.07, 6.45) is 102. The molecule has 532 valence electrons. The molecule has 1 aliphatic rings. The summed E-state index contributed by atoms with van der Waals surface area (Å²) >= 11 is 0. The Morgan fingerprint density at radius 1 is 0.303 bits per heavy atom. The second kappa shape index (κ2) is 71.7. The van der Waals surface area contributed by atoms with Crippen LogP contribution >= 0.6 is 0 Å². The fourth-order valence-corrected chi connectivity index (χ4v) is 15.4. The number of hydrogen-bond acceptors (Lipinski definition) is 3. The van der Waals surface area contributed by atoms with E-state index in [9.17, 15) is 15.0 Å². The molecule has 4 nitrogen and oxygen atoms in total. The normalized spacial score (nSPS) is 15.5. The van der Waals surface area contributed by atoms with Crippen molar-refractivity contribution in [1.82, 2.24) is 0 Å². The van der Waals surface area contributed by atoms with Gasteiger partial charge in [-0.2, -0.15) is 0 Å². The lowest BCUT2D eigenvalue weighted by molar-refractivity contribution is -0.146. The Hall–Kier alpha value is -0.610. The van der Waals surface area contributed by atoms with Crippen LogP contribution in [0.3, 0.4) is 0 Å². The van der Waals surface area contributed by atoms with Gasteiger partial charge in [-0.3, -0.25) is 4.79 Å². The monoisotopic (exact) mass is 1250 g/mol. The van der Waals surface area contributed by atoms with E-state index in [0.29, 0.717) is 24.9 Å². The van der Waals surface area contributed by atoms with Crippen LogP contribution in [-0.4, -0.2) is 35.5 Å². The van der Waals surface area contributed by atoms with E-state index >= 15 is 0 Å². The van der Waals surface area contributed by atoms with Crippen LogP contribution in [0.2, 0.25) is 0 Å². The van der Waals surface area contributed by atoms with E-state index in [1.54, 1.807) is 6.42 Å². The van der Waals surface area contributed by atoms with Crippen molar-refractivity contribution in [3.05, 3.63) is 0 Å². The molecule has 0 heterocycles. The van der Waals surface area contributed by atoms with Crippen LogP contribution in [0.15, 0.2) is 0 Å². The number of aliphatic hydroxyl groups excluding tert-OH is 1. The summed E-state index contributed by atoms with van der Waals surface area (Å²) in [5.74, 6) is 1.50. The van der Waals surface area contributed by atoms with Crippen LogP contribution in [0.25, 0.3) is 0 Å². The number of carboxylic acids is 1. The Kier molecular flexibility index (Phi) is 69.6. The van der Waals surface area contributed by atoms with E-state index < -0.39 is 18.0 Å². The highest BCUT2D eigenvalue weighted by Gasteiger charge is 2.35. The fraction of sp³-hybridized carbons (Fsp3) is 0.988. The van der Waals surface area contributed by atoms with E-state index in [4.69, 9.17) is 4.74 Å². The Balaban J connectivity index is 1.76. The van der Waals surface area contributed by atoms with E-state index in [2.05, 4.69) is 20.8 Å². The van der Waals surface area contributed by atoms with Gasteiger partial charge < -0.3 is 14.9 Å². The Labute approximate surface area is 561 Å². The topological polar surface area (TPSA) is 66.8 Å². The molecule has 0 spiro atoms. The summed E-state index contributed by atoms with van der Waals surface area (Å²) in [4.78, 5) is 12.0. The summed E-state index contributed by atoms with van der Waals surface area (Å²) in [5, 5.41) is 20.6. The van der Waals surface area contributed by atoms with E-state index in [1.165, 1.54) is 430 Å². The second-order valence-corrected chi connectivity index (χ2v) is 30.7. The minimum Gasteiger partial charge on any atom is -0.481 e. The molecule has 0 saturated heterocycles. The summed E-state index contributed by atoms with van der Waals surface area (Å²) in [5.41, 5.74) is 0. The van der Waals surface area contributed by atoms with Crippen molar-refractivity contribution in [2.24, 2.45) is 23.7 Å². The number of aliphatic hydroxyl groups is 1. The summed E-state index contributed by atoms with van der Waals surface area (Å²) < 4.78 is 5.98. The molecule has 2 N–H and O–H groups in total. The zero-order valence-electron chi connectivity index (χ0n) is 62.0. The first-order valence-electron chi connectivity index (χ1n) is 42.4. The van der Waals surface area contributed by atoms with Gasteiger partial charge in [0, 0.05) is 7.11 Å². The van der Waals surface area contributed by atoms with Crippen LogP contribution in [-0.2, 0) is 9.53 Å². The third kappa shape index (κ3) is 63.2. The minimum atomic E-state index is -0.798. The molecule has 1 rings (SSSR count). The number of carboxylic acid groups (broad SMARTS) is 1. The number of aliphatic carboxylic acids is 1. The average Bonchev–Trinajstić information content (AvgIpc) is 4.32. The number of methoxy groups -OCH3 is 1. The third-order valence-electron chi connectivity index (χ3n) is 22.1. The van der Waals surface area contributed by atoms with Crippen LogP contribution in [0.5, 0.6) is 0 Å². The van der Waals surface area contributed by atoms with Crippen LogP contribution in [0.1, 0.15) is 496 Å². The summed E-state index contributed by atoms with van der Waals surface area (Å²) in [6.45, 7) is 7.06. The molecule has 0 amide bonds. The quantitative estimate of drug-likeness (QED) is 0.0596. The molecule has 0 aromatic heterocycles. The SMILES string of the molecule is CCCCCCCCCCCCCCCCCCCCCCCC[C@@H](C(=O)O)[C@H](O)CCCCCCCCCCCCCCCCC[C@H]1C[C@H]1CCCCCCCCCCCCCCCC[C@H](OC)[C@H](C)CCCCCCCCCCCCCCCCCC. The molecule has 89 heavy (non-hydrogen) atoms. The van der Waals surface area contributed by atoms with Gasteiger partial charge in [-0.15, -0.1) is 0 Å². The van der Waals surface area contributed by atoms with Gasteiger partial charge in [-0.1, -0.05) is 464 Å². The molecule has 4 heteroatoms. The fourth-order valence-electron chi connectivity index (χ4n) is 15.4. The molecule has 0 radical (unpaired) electrons. The average molecular weight is 1250 g/mol. The van der Waals surface area contributed by atoms with Gasteiger partial charge in [0.05, 0.1) is 18.1 Å². The smallest absolute Gasteiger partial charge is 0.309 e. The van der Waals surface area contributed by atoms with Gasteiger partial charge in [-0.05, 0) is 49.9 Å². The highest BCUT2D eigenvalue weighted by atomic mass is 16.5. The lowest BCUT2D eigenvalue weighted by Crippen LogP contribution is -2.28. The van der Waals surface area contributed by atoms with Crippen LogP contribution in [0.4, 0.5) is 0 Å². The lowest BCUT2D eigenvalue weighted by Gasteiger charge is -2.22. The number of ether oxygens (including phenoxy) is 1. The molecular weight excluding hydrogens is 1080 g/mol. The number of unbranched alkanes of at least 4 members (excludes halogenated alkanes) is 63. The lowest BCUT2D eigenvalue weighted by atomic mass is 9.91. The van der Waals surface area contributed by atoms with Crippen molar-refractivity contribution in [2.75, 3.05) is 7.11 Å². The van der Waals surface area contributed by atoms with Crippen LogP contribution < -0.4 is 0 Å². The van der Waals surface area contributed by atoms with E-state index in [1.807, 2.05) is 7.11 Å². The molecule has 0 aromatic carbocycles. The second-order valence-electron chi connectivity index (χ2n) is 30.7. The first-order valence-corrected chi connectivity index (χ1v) is 42.4. The largest absolute Gasteiger partial charge is 0.481 e. The first-order chi connectivity index (χ1) is 43.9. The Morgan fingerprint density at radius 3 is 0.742 bits per heavy atom. The van der Waals surface area contributed by atoms with E-state index in [0.717, 1.165) is 37.5 Å². The highest BCUT2D eigenvalue weighted by molar-refractivity contribution is 5.70. The summed E-state index contributed by atoms with van der Waals surface area (Å²) in [6, 6.07) is 0. The molecule has 1 aliphatic carbocycles. The van der Waals surface area contributed by atoms with Gasteiger partial charge >= 0.3 is 5.97 Å². The number of carbonyl (C=O) groups is 1. The van der Waals surface area contributed by atoms with Crippen LogP contribution in [0, 0.1) is 23.7 Å². The maximum atomic E-state index is 12.0. The van der Waals surface area contributed by atoms with Crippen molar-refractivity contribution in [2.45, 2.75) is 508 Å². The van der Waals surface area contributed by atoms with Crippen molar-refractivity contribution in [1.29, 1.82) is 0 Å². The van der Waals surface area contributed by atoms with Crippen molar-refractivity contribution < 1.29 is 19.7 Å². The zero-order valence-corrected chi connectivity index (χ0v) is 62.0. The Bertz CT molecular complexity index is 1330. The first kappa shape index (κ1) is 86.4. The number of hydrogen-bond donors (Lipinski definition) is 2. The van der Waals surface area contributed by atoms with Gasteiger partial charge in [0.15, 0.2) is 0 Å². The molecule has 1 fully saturated rings. The third-order valence-corrected chi connectivity index (χ3v) is 22.1. The van der Waals surface area contributed by atoms with Gasteiger partial charge in [0.2, 0.25) is 0 Å².